The van der Waals surface area contributed by atoms with Gasteiger partial charge in [-0.2, -0.15) is 0 Å². The minimum absolute atomic E-state index is 1.23. The number of hydrogen-bond acceptors (Lipinski definition) is 2. The van der Waals surface area contributed by atoms with Crippen LogP contribution in [-0.4, -0.2) is 15.7 Å². The largest absolute Gasteiger partial charge is 0.351 e. The van der Waals surface area contributed by atoms with Crippen molar-refractivity contribution >= 4 is 11.8 Å². The van der Waals surface area contributed by atoms with Crippen LogP contribution in [0.25, 0.3) is 0 Å². The maximum Gasteiger partial charge on any atom is 0.0919 e. The number of hydrogen-bond donors (Lipinski definition) is 1. The highest BCUT2D eigenvalue weighted by Crippen LogP contribution is 2.16. The Morgan fingerprint density at radius 2 is 2.07 bits per heavy atom. The van der Waals surface area contributed by atoms with Gasteiger partial charge in [0.15, 0.2) is 0 Å². The van der Waals surface area contributed by atoms with Crippen LogP contribution in [0.3, 0.4) is 0 Å². The average Bonchev–Trinajstić information content (AvgIpc) is 2.86. The normalized spacial score (nSPS) is 9.13. The van der Waals surface area contributed by atoms with E-state index >= 15 is 0 Å². The van der Waals surface area contributed by atoms with Crippen molar-refractivity contribution in [3.05, 3.63) is 49.1 Å². The van der Waals surface area contributed by atoms with Gasteiger partial charge in [-0.25, -0.2) is 4.98 Å². The summed E-state index contributed by atoms with van der Waals surface area (Å²) in [5.74, 6) is 1.23. The first-order valence-corrected chi connectivity index (χ1v) is 6.02. The third kappa shape index (κ3) is 5.96. The van der Waals surface area contributed by atoms with Gasteiger partial charge in [0.05, 0.1) is 6.33 Å². The third-order valence-electron chi connectivity index (χ3n) is 1.62. The van der Waals surface area contributed by atoms with Crippen LogP contribution >= 0.6 is 11.8 Å². The molecule has 0 aliphatic rings. The molecule has 0 radical (unpaired) electrons. The number of thioether (sulfide) groups is 1. The van der Waals surface area contributed by atoms with Crippen LogP contribution in [0.5, 0.6) is 0 Å². The highest BCUT2D eigenvalue weighted by molar-refractivity contribution is 7.99. The molecule has 0 fully saturated rings. The van der Waals surface area contributed by atoms with Crippen LogP contribution in [0.2, 0.25) is 0 Å². The summed E-state index contributed by atoms with van der Waals surface area (Å²) in [5, 5.41) is 0. The highest BCUT2D eigenvalue weighted by atomic mass is 32.2. The first kappa shape index (κ1) is 11.9. The van der Waals surface area contributed by atoms with E-state index in [1.807, 2.05) is 11.8 Å². The quantitative estimate of drug-likeness (QED) is 0.801. The Bertz CT molecular complexity index is 301. The molecule has 15 heavy (non-hydrogen) atoms. The number of benzene rings is 1. The number of rotatable bonds is 3. The molecular formula is C12H16N2S. The van der Waals surface area contributed by atoms with Crippen LogP contribution in [0.15, 0.2) is 53.9 Å². The van der Waals surface area contributed by atoms with Gasteiger partial charge in [-0.1, -0.05) is 25.1 Å². The number of nitrogens with zero attached hydrogens (tertiary/aromatic N) is 1. The van der Waals surface area contributed by atoms with Crippen molar-refractivity contribution in [2.24, 2.45) is 0 Å². The minimum atomic E-state index is 1.23. The monoisotopic (exact) mass is 220 g/mol. The lowest BCUT2D eigenvalue weighted by Crippen LogP contribution is -1.73. The van der Waals surface area contributed by atoms with Gasteiger partial charge in [0.25, 0.3) is 0 Å². The van der Waals surface area contributed by atoms with Crippen molar-refractivity contribution in [1.29, 1.82) is 0 Å². The predicted octanol–water partition coefficient (Wildman–Crippen LogP) is 3.60. The van der Waals surface area contributed by atoms with E-state index in [9.17, 15) is 0 Å². The van der Waals surface area contributed by atoms with E-state index in [2.05, 4.69) is 47.2 Å². The molecule has 3 heteroatoms. The fourth-order valence-electron chi connectivity index (χ4n) is 0.952. The Morgan fingerprint density at radius 1 is 1.27 bits per heavy atom. The SMILES string of the molecule is CCCSc1ccccc1.c1c[nH]cn1. The summed E-state index contributed by atoms with van der Waals surface area (Å²) < 4.78 is 0. The molecule has 0 unspecified atom stereocenters. The molecule has 2 aromatic rings. The number of aromatic nitrogens is 2. The summed E-state index contributed by atoms with van der Waals surface area (Å²) in [6.07, 6.45) is 6.33. The maximum atomic E-state index is 3.67. The zero-order chi connectivity index (χ0) is 10.8. The van der Waals surface area contributed by atoms with E-state index in [-0.39, 0.29) is 0 Å². The first-order valence-electron chi connectivity index (χ1n) is 5.04. The Kier molecular flexibility index (Phi) is 6.41. The van der Waals surface area contributed by atoms with Gasteiger partial charge in [-0.05, 0) is 24.3 Å². The fourth-order valence-corrected chi connectivity index (χ4v) is 1.74. The number of aromatic amines is 1. The molecule has 0 saturated heterocycles. The molecule has 2 nitrogen and oxygen atoms in total. The molecule has 0 bridgehead atoms. The molecule has 0 aliphatic heterocycles. The standard InChI is InChI=1S/C9H12S.C3H4N2/c1-2-8-10-9-6-4-3-5-7-9;1-2-5-3-4-1/h3-7H,2,8H2,1H3;1-3H,(H,4,5). The lowest BCUT2D eigenvalue weighted by atomic mass is 10.4. The zero-order valence-electron chi connectivity index (χ0n) is 8.89. The Hall–Kier alpha value is -1.22. The number of nitrogens with one attached hydrogen (secondary N) is 1. The second-order valence-corrected chi connectivity index (χ2v) is 4.09. The highest BCUT2D eigenvalue weighted by Gasteiger charge is 1.87. The maximum absolute atomic E-state index is 3.67. The van der Waals surface area contributed by atoms with Crippen LogP contribution < -0.4 is 0 Å². The number of imidazole rings is 1. The van der Waals surface area contributed by atoms with E-state index in [0.29, 0.717) is 0 Å². The zero-order valence-corrected chi connectivity index (χ0v) is 9.70. The molecular weight excluding hydrogens is 204 g/mol. The van der Waals surface area contributed by atoms with Gasteiger partial charge >= 0.3 is 0 Å². The lowest BCUT2D eigenvalue weighted by Gasteiger charge is -1.96. The van der Waals surface area contributed by atoms with Gasteiger partial charge in [0.2, 0.25) is 0 Å². The van der Waals surface area contributed by atoms with Gasteiger partial charge in [-0.15, -0.1) is 11.8 Å². The van der Waals surface area contributed by atoms with E-state index in [1.54, 1.807) is 18.7 Å². The van der Waals surface area contributed by atoms with Crippen LogP contribution in [0, 0.1) is 0 Å². The third-order valence-corrected chi connectivity index (χ3v) is 2.84. The van der Waals surface area contributed by atoms with Gasteiger partial charge in [0, 0.05) is 17.3 Å². The topological polar surface area (TPSA) is 28.7 Å². The molecule has 0 spiro atoms. The van der Waals surface area contributed by atoms with Crippen molar-refractivity contribution in [3.63, 3.8) is 0 Å². The Labute approximate surface area is 95.1 Å². The smallest absolute Gasteiger partial charge is 0.0919 e. The molecule has 1 heterocycles. The predicted molar refractivity (Wildman–Crippen MR) is 66.0 cm³/mol. The summed E-state index contributed by atoms with van der Waals surface area (Å²) in [4.78, 5) is 7.80. The summed E-state index contributed by atoms with van der Waals surface area (Å²) in [7, 11) is 0. The number of H-pyrrole nitrogens is 1. The van der Waals surface area contributed by atoms with E-state index in [1.165, 1.54) is 17.1 Å². The average molecular weight is 220 g/mol. The molecule has 1 N–H and O–H groups in total. The molecule has 1 aromatic carbocycles. The van der Waals surface area contributed by atoms with Gasteiger partial charge < -0.3 is 4.98 Å². The van der Waals surface area contributed by atoms with Crippen LogP contribution in [0.4, 0.5) is 0 Å². The summed E-state index contributed by atoms with van der Waals surface area (Å²) in [6.45, 7) is 2.20. The van der Waals surface area contributed by atoms with Crippen molar-refractivity contribution in [1.82, 2.24) is 9.97 Å². The van der Waals surface area contributed by atoms with Crippen molar-refractivity contribution in [2.75, 3.05) is 5.75 Å². The fraction of sp³-hybridized carbons (Fsp3) is 0.250. The molecule has 2 rings (SSSR count). The second kappa shape index (κ2) is 8.12. The molecule has 0 atom stereocenters. The molecule has 0 amide bonds. The Morgan fingerprint density at radius 3 is 2.53 bits per heavy atom. The van der Waals surface area contributed by atoms with E-state index in [0.717, 1.165) is 0 Å². The Balaban J connectivity index is 0.000000187. The molecule has 80 valence electrons. The first-order chi connectivity index (χ1) is 7.43. The van der Waals surface area contributed by atoms with Crippen LogP contribution in [-0.2, 0) is 0 Å². The summed E-state index contributed by atoms with van der Waals surface area (Å²) in [6, 6.07) is 10.5. The molecule has 1 aromatic heterocycles. The van der Waals surface area contributed by atoms with Crippen molar-refractivity contribution in [3.8, 4) is 0 Å². The van der Waals surface area contributed by atoms with Crippen LogP contribution in [0.1, 0.15) is 13.3 Å². The van der Waals surface area contributed by atoms with Gasteiger partial charge in [-0.3, -0.25) is 0 Å². The second-order valence-electron chi connectivity index (χ2n) is 2.92. The molecule has 0 saturated carbocycles. The lowest BCUT2D eigenvalue weighted by molar-refractivity contribution is 1.10. The van der Waals surface area contributed by atoms with Crippen molar-refractivity contribution in [2.45, 2.75) is 18.2 Å². The van der Waals surface area contributed by atoms with E-state index in [4.69, 9.17) is 0 Å². The van der Waals surface area contributed by atoms with E-state index < -0.39 is 0 Å². The van der Waals surface area contributed by atoms with Gasteiger partial charge in [0.1, 0.15) is 0 Å². The van der Waals surface area contributed by atoms with Crippen molar-refractivity contribution < 1.29 is 0 Å². The summed E-state index contributed by atoms with van der Waals surface area (Å²) in [5.41, 5.74) is 0. The molecule has 0 aliphatic carbocycles. The minimum Gasteiger partial charge on any atom is -0.351 e. The summed E-state index contributed by atoms with van der Waals surface area (Å²) >= 11 is 1.92.